The van der Waals surface area contributed by atoms with Gasteiger partial charge in [-0.05, 0) is 36.5 Å². The Bertz CT molecular complexity index is 552. The summed E-state index contributed by atoms with van der Waals surface area (Å²) in [6, 6.07) is 7.25. The molecule has 1 fully saturated rings. The third kappa shape index (κ3) is 3.56. The Hall–Kier alpha value is -1.55. The summed E-state index contributed by atoms with van der Waals surface area (Å²) in [6.07, 6.45) is 1.26. The minimum absolute atomic E-state index is 0.100. The van der Waals surface area contributed by atoms with Crippen LogP contribution in [0.1, 0.15) is 38.2 Å². The number of nitrogens with one attached hydrogen (secondary N) is 1. The molecule has 21 heavy (non-hydrogen) atoms. The van der Waals surface area contributed by atoms with Gasteiger partial charge >= 0.3 is 5.97 Å². The molecule has 2 rings (SSSR count). The van der Waals surface area contributed by atoms with Crippen LogP contribution >= 0.6 is 11.6 Å². The summed E-state index contributed by atoms with van der Waals surface area (Å²) in [7, 11) is 0. The lowest BCUT2D eigenvalue weighted by Crippen LogP contribution is -2.38. The molecule has 0 radical (unpaired) electrons. The number of hydrogen-bond donors (Lipinski definition) is 2. The fourth-order valence-corrected chi connectivity index (χ4v) is 2.72. The molecule has 1 unspecified atom stereocenters. The van der Waals surface area contributed by atoms with E-state index in [9.17, 15) is 9.59 Å². The minimum atomic E-state index is -0.827. The highest BCUT2D eigenvalue weighted by atomic mass is 35.5. The number of carboxylic acids is 1. The molecule has 0 aromatic heterocycles. The smallest absolute Gasteiger partial charge is 0.311 e. The normalized spacial score (nSPS) is 17.3. The minimum Gasteiger partial charge on any atom is -0.481 e. The van der Waals surface area contributed by atoms with Crippen molar-refractivity contribution in [1.82, 2.24) is 5.32 Å². The number of benzene rings is 1. The summed E-state index contributed by atoms with van der Waals surface area (Å²) in [4.78, 5) is 23.6. The Morgan fingerprint density at radius 2 is 2.05 bits per heavy atom. The number of carboxylic acid groups (broad SMARTS) is 1. The molecule has 1 aromatic rings. The molecule has 1 atom stereocenters. The molecule has 5 heteroatoms. The van der Waals surface area contributed by atoms with E-state index in [0.29, 0.717) is 17.9 Å². The average molecular weight is 310 g/mol. The predicted octanol–water partition coefficient (Wildman–Crippen LogP) is 3.06. The van der Waals surface area contributed by atoms with Gasteiger partial charge in [-0.1, -0.05) is 37.6 Å². The number of halogens is 1. The van der Waals surface area contributed by atoms with Gasteiger partial charge in [-0.15, -0.1) is 0 Å². The summed E-state index contributed by atoms with van der Waals surface area (Å²) < 4.78 is 0. The lowest BCUT2D eigenvalue weighted by Gasteiger charge is -2.22. The van der Waals surface area contributed by atoms with Crippen molar-refractivity contribution in [2.75, 3.05) is 6.54 Å². The molecule has 1 amide bonds. The van der Waals surface area contributed by atoms with E-state index in [0.717, 1.165) is 5.56 Å². The fourth-order valence-electron chi connectivity index (χ4n) is 2.52. The summed E-state index contributed by atoms with van der Waals surface area (Å²) >= 11 is 5.99. The molecule has 1 aliphatic rings. The number of amides is 1. The molecule has 114 valence electrons. The molecular formula is C16H20ClNO3. The van der Waals surface area contributed by atoms with Gasteiger partial charge in [0.15, 0.2) is 0 Å². The van der Waals surface area contributed by atoms with Crippen LogP contribution < -0.4 is 5.32 Å². The molecular weight excluding hydrogens is 290 g/mol. The highest BCUT2D eigenvalue weighted by Crippen LogP contribution is 2.45. The van der Waals surface area contributed by atoms with Crippen molar-refractivity contribution in [2.24, 2.45) is 11.3 Å². The van der Waals surface area contributed by atoms with E-state index in [-0.39, 0.29) is 24.3 Å². The second-order valence-electron chi connectivity index (χ2n) is 6.08. The van der Waals surface area contributed by atoms with E-state index in [1.807, 2.05) is 26.0 Å². The standard InChI is InChI=1S/C16H20ClNO3/c1-10(2)13(11-4-3-5-12(17)8-11)14(19)18-9-16(6-7-16)15(20)21/h3-5,8,10,13H,6-7,9H2,1-2H3,(H,18,19)(H,20,21). The first kappa shape index (κ1) is 15.8. The number of carbonyl (C=O) groups excluding carboxylic acids is 1. The fraction of sp³-hybridized carbons (Fsp3) is 0.500. The zero-order chi connectivity index (χ0) is 15.6. The lowest BCUT2D eigenvalue weighted by molar-refractivity contribution is -0.143. The highest BCUT2D eigenvalue weighted by molar-refractivity contribution is 6.30. The van der Waals surface area contributed by atoms with Crippen LogP contribution in [0.25, 0.3) is 0 Å². The largest absolute Gasteiger partial charge is 0.481 e. The van der Waals surface area contributed by atoms with Gasteiger partial charge in [-0.3, -0.25) is 9.59 Å². The number of hydrogen-bond acceptors (Lipinski definition) is 2. The summed E-state index contributed by atoms with van der Waals surface area (Å²) in [5.41, 5.74) is 0.112. The predicted molar refractivity (Wildman–Crippen MR) is 81.3 cm³/mol. The van der Waals surface area contributed by atoms with Crippen LogP contribution in [0.4, 0.5) is 0 Å². The van der Waals surface area contributed by atoms with Crippen molar-refractivity contribution in [3.8, 4) is 0 Å². The van der Waals surface area contributed by atoms with Crippen molar-refractivity contribution >= 4 is 23.5 Å². The van der Waals surface area contributed by atoms with Gasteiger partial charge in [0, 0.05) is 11.6 Å². The summed E-state index contributed by atoms with van der Waals surface area (Å²) in [5.74, 6) is -1.19. The van der Waals surface area contributed by atoms with Gasteiger partial charge in [0.05, 0.1) is 11.3 Å². The van der Waals surface area contributed by atoms with Crippen molar-refractivity contribution in [3.05, 3.63) is 34.9 Å². The zero-order valence-electron chi connectivity index (χ0n) is 12.2. The van der Waals surface area contributed by atoms with Crippen LogP contribution in [0, 0.1) is 11.3 Å². The van der Waals surface area contributed by atoms with Crippen LogP contribution in [-0.4, -0.2) is 23.5 Å². The third-order valence-electron chi connectivity index (χ3n) is 4.07. The lowest BCUT2D eigenvalue weighted by atomic mass is 9.87. The first-order valence-electron chi connectivity index (χ1n) is 7.12. The van der Waals surface area contributed by atoms with Crippen LogP contribution in [0.5, 0.6) is 0 Å². The molecule has 1 saturated carbocycles. The first-order valence-corrected chi connectivity index (χ1v) is 7.50. The van der Waals surface area contributed by atoms with Crippen molar-refractivity contribution in [2.45, 2.75) is 32.6 Å². The Balaban J connectivity index is 2.08. The van der Waals surface area contributed by atoms with Gasteiger partial charge < -0.3 is 10.4 Å². The van der Waals surface area contributed by atoms with Crippen molar-refractivity contribution < 1.29 is 14.7 Å². The van der Waals surface area contributed by atoms with Crippen LogP contribution in [0.3, 0.4) is 0 Å². The molecule has 1 aliphatic carbocycles. The van der Waals surface area contributed by atoms with Gasteiger partial charge in [0.25, 0.3) is 0 Å². The van der Waals surface area contributed by atoms with E-state index in [1.54, 1.807) is 12.1 Å². The second-order valence-corrected chi connectivity index (χ2v) is 6.52. The second kappa shape index (κ2) is 6.06. The summed E-state index contributed by atoms with van der Waals surface area (Å²) in [6.45, 7) is 4.13. The van der Waals surface area contributed by atoms with Crippen molar-refractivity contribution in [1.29, 1.82) is 0 Å². The SMILES string of the molecule is CC(C)C(C(=O)NCC1(C(=O)O)CC1)c1cccc(Cl)c1. The van der Waals surface area contributed by atoms with Crippen LogP contribution in [0.15, 0.2) is 24.3 Å². The van der Waals surface area contributed by atoms with E-state index in [1.165, 1.54) is 0 Å². The molecule has 0 aliphatic heterocycles. The maximum absolute atomic E-state index is 12.4. The van der Waals surface area contributed by atoms with Crippen LogP contribution in [-0.2, 0) is 9.59 Å². The van der Waals surface area contributed by atoms with E-state index < -0.39 is 11.4 Å². The van der Waals surface area contributed by atoms with Gasteiger partial charge in [-0.2, -0.15) is 0 Å². The Morgan fingerprint density at radius 3 is 2.52 bits per heavy atom. The van der Waals surface area contributed by atoms with E-state index in [2.05, 4.69) is 5.32 Å². The molecule has 1 aromatic carbocycles. The zero-order valence-corrected chi connectivity index (χ0v) is 13.0. The summed E-state index contributed by atoms with van der Waals surface area (Å²) in [5, 5.41) is 12.5. The maximum Gasteiger partial charge on any atom is 0.311 e. The Morgan fingerprint density at radius 1 is 1.38 bits per heavy atom. The molecule has 0 saturated heterocycles. The van der Waals surface area contributed by atoms with Crippen LogP contribution in [0.2, 0.25) is 5.02 Å². The Kier molecular flexibility index (Phi) is 4.57. The molecule has 4 nitrogen and oxygen atoms in total. The topological polar surface area (TPSA) is 66.4 Å². The quantitative estimate of drug-likeness (QED) is 0.848. The monoisotopic (exact) mass is 309 g/mol. The highest BCUT2D eigenvalue weighted by Gasteiger charge is 2.50. The molecule has 0 bridgehead atoms. The third-order valence-corrected chi connectivity index (χ3v) is 4.30. The Labute approximate surface area is 129 Å². The molecule has 0 spiro atoms. The number of rotatable bonds is 6. The van der Waals surface area contributed by atoms with E-state index in [4.69, 9.17) is 16.7 Å². The average Bonchev–Trinajstić information content (AvgIpc) is 3.17. The van der Waals surface area contributed by atoms with Gasteiger partial charge in [0.2, 0.25) is 5.91 Å². The number of carbonyl (C=O) groups is 2. The first-order chi connectivity index (χ1) is 9.85. The van der Waals surface area contributed by atoms with E-state index >= 15 is 0 Å². The molecule has 2 N–H and O–H groups in total. The number of aliphatic carboxylic acids is 1. The van der Waals surface area contributed by atoms with Gasteiger partial charge in [-0.25, -0.2) is 0 Å². The molecule has 0 heterocycles. The maximum atomic E-state index is 12.4. The van der Waals surface area contributed by atoms with Crippen molar-refractivity contribution in [3.63, 3.8) is 0 Å². The van der Waals surface area contributed by atoms with Gasteiger partial charge in [0.1, 0.15) is 0 Å².